The van der Waals surface area contributed by atoms with Crippen molar-refractivity contribution in [2.45, 2.75) is 85.6 Å². The van der Waals surface area contributed by atoms with Gasteiger partial charge in [-0.15, -0.1) is 5.46 Å². The lowest BCUT2D eigenvalue weighted by molar-refractivity contribution is -0.929. The molecule has 1 aromatic rings. The van der Waals surface area contributed by atoms with Gasteiger partial charge in [-0.05, 0) is 31.2 Å². The van der Waals surface area contributed by atoms with Crippen LogP contribution in [0.5, 0.6) is 0 Å². The minimum Gasteiger partial charge on any atom is -0.445 e. The molecule has 1 rings (SSSR count). The molecule has 0 atom stereocenters. The van der Waals surface area contributed by atoms with E-state index < -0.39 is 12.4 Å². The largest absolute Gasteiger partial charge is 0.509 e. The maximum absolute atomic E-state index is 12.4. The highest BCUT2D eigenvalue weighted by Crippen LogP contribution is 2.16. The average molecular weight is 442 g/mol. The van der Waals surface area contributed by atoms with Gasteiger partial charge in [-0.3, -0.25) is 0 Å². The van der Waals surface area contributed by atoms with Crippen LogP contribution in [0.25, 0.3) is 10.4 Å². The van der Waals surface area contributed by atoms with Crippen molar-refractivity contribution in [3.63, 3.8) is 0 Å². The Morgan fingerprint density at radius 1 is 0.806 bits per heavy atom. The number of halogens is 3. The zero-order valence-corrected chi connectivity index (χ0v) is 20.0. The molecule has 4 nitrogen and oxygen atoms in total. The number of unbranched alkanes of at least 4 members (excludes halogenated alkanes) is 4. The standard InChI is InChI=1S/C16H36N.C7H6BF3N3/c1-5-9-13-17(14-10-6-2,15-11-7-3)16-12-8-4;9-8(10,11)7-4-2-1-3-6(7)5-13-14-12/h5-16H2,1-4H3;1-4H,5H2/q+1;-1. The van der Waals surface area contributed by atoms with Gasteiger partial charge in [0, 0.05) is 11.5 Å². The predicted molar refractivity (Wildman–Crippen MR) is 127 cm³/mol. The molecule has 0 aliphatic heterocycles. The molecule has 0 aliphatic carbocycles. The summed E-state index contributed by atoms with van der Waals surface area (Å²) in [7, 11) is 0. The summed E-state index contributed by atoms with van der Waals surface area (Å²) in [6.45, 7) is 9.71. The fourth-order valence-electron chi connectivity index (χ4n) is 3.75. The zero-order valence-electron chi connectivity index (χ0n) is 20.0. The highest BCUT2D eigenvalue weighted by molar-refractivity contribution is 6.74. The Balaban J connectivity index is 0.000000590. The van der Waals surface area contributed by atoms with Crippen LogP contribution in [-0.2, 0) is 6.54 Å². The normalized spacial score (nSPS) is 11.5. The van der Waals surface area contributed by atoms with Crippen LogP contribution >= 0.6 is 0 Å². The van der Waals surface area contributed by atoms with E-state index in [0.717, 1.165) is 6.07 Å². The van der Waals surface area contributed by atoms with Crippen LogP contribution in [0.3, 0.4) is 0 Å². The fourth-order valence-corrected chi connectivity index (χ4v) is 3.75. The van der Waals surface area contributed by atoms with Crippen molar-refractivity contribution in [3.05, 3.63) is 40.3 Å². The van der Waals surface area contributed by atoms with Crippen molar-refractivity contribution < 1.29 is 17.4 Å². The maximum Gasteiger partial charge on any atom is 0.509 e. The third-order valence-corrected chi connectivity index (χ3v) is 5.66. The van der Waals surface area contributed by atoms with Crippen LogP contribution < -0.4 is 5.46 Å². The van der Waals surface area contributed by atoms with Gasteiger partial charge in [0.2, 0.25) is 0 Å². The average Bonchev–Trinajstić information content (AvgIpc) is 2.76. The molecule has 0 aromatic heterocycles. The number of quaternary nitrogens is 1. The van der Waals surface area contributed by atoms with Crippen LogP contribution in [0.2, 0.25) is 0 Å². The van der Waals surface area contributed by atoms with Crippen LogP contribution in [-0.4, -0.2) is 37.6 Å². The second-order valence-electron chi connectivity index (χ2n) is 8.31. The van der Waals surface area contributed by atoms with Crippen molar-refractivity contribution in [2.24, 2.45) is 5.11 Å². The first-order chi connectivity index (χ1) is 14.8. The van der Waals surface area contributed by atoms with Crippen molar-refractivity contribution in [1.82, 2.24) is 0 Å². The van der Waals surface area contributed by atoms with Crippen LogP contribution in [0.4, 0.5) is 12.9 Å². The Bertz CT molecular complexity index is 594. The smallest absolute Gasteiger partial charge is 0.445 e. The van der Waals surface area contributed by atoms with E-state index >= 15 is 0 Å². The molecule has 0 bridgehead atoms. The number of benzene rings is 1. The summed E-state index contributed by atoms with van der Waals surface area (Å²) in [6.07, 6.45) is 11.1. The molecule has 0 N–H and O–H groups in total. The quantitative estimate of drug-likeness (QED) is 0.0885. The van der Waals surface area contributed by atoms with E-state index in [1.807, 2.05) is 0 Å². The highest BCUT2D eigenvalue weighted by Gasteiger charge is 2.27. The van der Waals surface area contributed by atoms with E-state index in [1.165, 1.54) is 100 Å². The molecule has 8 heteroatoms. The maximum atomic E-state index is 12.4. The number of hydrogen-bond acceptors (Lipinski definition) is 1. The van der Waals surface area contributed by atoms with Gasteiger partial charge in [0.05, 0.1) is 26.2 Å². The highest BCUT2D eigenvalue weighted by atomic mass is 19.4. The summed E-state index contributed by atoms with van der Waals surface area (Å²) in [5, 5.41) is 3.11. The molecule has 0 amide bonds. The van der Waals surface area contributed by atoms with Crippen molar-refractivity contribution in [1.29, 1.82) is 0 Å². The first kappa shape index (κ1) is 29.3. The Hall–Kier alpha value is -1.66. The minimum atomic E-state index is -5.04. The third kappa shape index (κ3) is 12.7. The fraction of sp³-hybridized carbons (Fsp3) is 0.739. The SMILES string of the molecule is CCCC[N+](CCCC)(CCCC)CCCC.[N-]=[N+]=NCc1ccccc1[B-](F)(F)F. The monoisotopic (exact) mass is 442 g/mol. The van der Waals surface area contributed by atoms with Crippen molar-refractivity contribution >= 4 is 12.4 Å². The summed E-state index contributed by atoms with van der Waals surface area (Å²) in [5.41, 5.74) is 7.32. The van der Waals surface area contributed by atoms with Gasteiger partial charge < -0.3 is 17.4 Å². The van der Waals surface area contributed by atoms with Crippen LogP contribution in [0.15, 0.2) is 29.4 Å². The molecule has 31 heavy (non-hydrogen) atoms. The van der Waals surface area contributed by atoms with Gasteiger partial charge in [-0.1, -0.05) is 88.3 Å². The number of rotatable bonds is 15. The summed E-state index contributed by atoms with van der Waals surface area (Å²) in [5.74, 6) is 0. The molecule has 0 saturated carbocycles. The van der Waals surface area contributed by atoms with Gasteiger partial charge >= 0.3 is 6.98 Å². The van der Waals surface area contributed by atoms with E-state index in [9.17, 15) is 12.9 Å². The van der Waals surface area contributed by atoms with E-state index in [2.05, 4.69) is 37.7 Å². The number of azide groups is 1. The van der Waals surface area contributed by atoms with Gasteiger partial charge in [-0.25, -0.2) is 0 Å². The molecule has 0 aliphatic rings. The lowest BCUT2D eigenvalue weighted by Gasteiger charge is -2.39. The molecule has 0 unspecified atom stereocenters. The Morgan fingerprint density at radius 2 is 1.23 bits per heavy atom. The molecule has 0 radical (unpaired) electrons. The molecule has 0 saturated heterocycles. The van der Waals surface area contributed by atoms with E-state index in [4.69, 9.17) is 5.53 Å². The van der Waals surface area contributed by atoms with Gasteiger partial charge in [0.1, 0.15) is 0 Å². The Kier molecular flexibility index (Phi) is 16.1. The molecule has 1 aromatic carbocycles. The van der Waals surface area contributed by atoms with Gasteiger partial charge in [0.25, 0.3) is 0 Å². The van der Waals surface area contributed by atoms with Gasteiger partial charge in [0.15, 0.2) is 0 Å². The topological polar surface area (TPSA) is 48.8 Å². The van der Waals surface area contributed by atoms with E-state index in [1.54, 1.807) is 0 Å². The van der Waals surface area contributed by atoms with Crippen LogP contribution in [0.1, 0.15) is 84.6 Å². The summed E-state index contributed by atoms with van der Waals surface area (Å²) in [6, 6.07) is 5.08. The van der Waals surface area contributed by atoms with E-state index in [0.29, 0.717) is 0 Å². The molecule has 0 fully saturated rings. The molecular weight excluding hydrogens is 400 g/mol. The van der Waals surface area contributed by atoms with Crippen LogP contribution in [0, 0.1) is 0 Å². The molecule has 178 valence electrons. The first-order valence-corrected chi connectivity index (χ1v) is 11.9. The molecule has 0 spiro atoms. The van der Waals surface area contributed by atoms with E-state index in [-0.39, 0.29) is 12.1 Å². The Morgan fingerprint density at radius 3 is 1.58 bits per heavy atom. The second kappa shape index (κ2) is 17.0. The number of hydrogen-bond donors (Lipinski definition) is 0. The van der Waals surface area contributed by atoms with Gasteiger partial charge in [-0.2, -0.15) is 0 Å². The lowest BCUT2D eigenvalue weighted by Crippen LogP contribution is -2.50. The summed E-state index contributed by atoms with van der Waals surface area (Å²) < 4.78 is 38.6. The summed E-state index contributed by atoms with van der Waals surface area (Å²) in [4.78, 5) is 2.42. The second-order valence-corrected chi connectivity index (χ2v) is 8.31. The number of nitrogens with zero attached hydrogens (tertiary/aromatic N) is 4. The summed E-state index contributed by atoms with van der Waals surface area (Å²) >= 11 is 0. The van der Waals surface area contributed by atoms with Crippen molar-refractivity contribution in [3.8, 4) is 0 Å². The minimum absolute atomic E-state index is 0.0119. The predicted octanol–water partition coefficient (Wildman–Crippen LogP) is 7.55. The lowest BCUT2D eigenvalue weighted by atomic mass is 9.77. The Labute approximate surface area is 187 Å². The third-order valence-electron chi connectivity index (χ3n) is 5.66. The first-order valence-electron chi connectivity index (χ1n) is 11.9. The molecule has 0 heterocycles. The van der Waals surface area contributed by atoms with Crippen molar-refractivity contribution in [2.75, 3.05) is 26.2 Å². The zero-order chi connectivity index (χ0) is 23.6. The molecular formula is C23H42BF3N4.